The maximum absolute atomic E-state index is 13.2. The molecule has 4 fully saturated rings. The first-order valence-electron chi connectivity index (χ1n) is 12.7. The second kappa shape index (κ2) is 6.87. The van der Waals surface area contributed by atoms with E-state index in [1.807, 2.05) is 19.9 Å². The summed E-state index contributed by atoms with van der Waals surface area (Å²) < 4.78 is 23.4. The number of ether oxygens (including phenoxy) is 3. The van der Waals surface area contributed by atoms with Gasteiger partial charge >= 0.3 is 11.9 Å². The van der Waals surface area contributed by atoms with Crippen LogP contribution in [-0.4, -0.2) is 36.0 Å². The van der Waals surface area contributed by atoms with Crippen LogP contribution >= 0.6 is 0 Å². The van der Waals surface area contributed by atoms with Gasteiger partial charge in [0.1, 0.15) is 18.3 Å². The first kappa shape index (κ1) is 23.0. The van der Waals surface area contributed by atoms with Gasteiger partial charge in [0.15, 0.2) is 5.78 Å². The number of rotatable bonds is 2. The highest BCUT2D eigenvalue weighted by Crippen LogP contribution is 2.74. The van der Waals surface area contributed by atoms with Crippen LogP contribution in [0.2, 0.25) is 0 Å². The Morgan fingerprint density at radius 3 is 2.51 bits per heavy atom. The maximum Gasteiger partial charge on any atom is 0.331 e. The molecule has 1 aromatic rings. The standard InChI is InChI=1S/C28H34O7/c1-14(29)33-19-11-17-25(2,3)22(31)21-24(35-21)28(17,6)16-7-9-26(4)18(27(16,19)5)12-20(30)34-23(26)15-8-10-32-13-15/h8,10,12-13,16-17,19,21,23-24H,7,9,11H2,1-6H3/t16-,17-,19+,21-,23-,24-,26+,27+,28+/m0/s1. The summed E-state index contributed by atoms with van der Waals surface area (Å²) in [6.45, 7) is 12.0. The first-order chi connectivity index (χ1) is 16.4. The molecule has 0 N–H and O–H groups in total. The van der Waals surface area contributed by atoms with Crippen molar-refractivity contribution < 1.29 is 33.0 Å². The molecule has 3 heterocycles. The molecule has 5 aliphatic rings. The minimum atomic E-state index is -0.613. The SMILES string of the molecule is CC(=O)O[C@@H]1C[C@H]2C(C)(C)C(=O)[C@@H]3O[C@@H]3[C@]2(C)[C@H]2CC[C@]3(C)C(=CC(=O)O[C@H]3c3ccoc3)[C@]12C. The third-order valence-corrected chi connectivity index (χ3v) is 10.6. The van der Waals surface area contributed by atoms with E-state index in [-0.39, 0.29) is 47.2 Å². The van der Waals surface area contributed by atoms with E-state index in [4.69, 9.17) is 18.6 Å². The number of ketones is 1. The number of carbonyl (C=O) groups is 3. The van der Waals surface area contributed by atoms with Gasteiger partial charge in [-0.25, -0.2) is 4.79 Å². The minimum Gasteiger partial charge on any atom is -0.472 e. The van der Waals surface area contributed by atoms with Crippen molar-refractivity contribution in [3.63, 3.8) is 0 Å². The Labute approximate surface area is 205 Å². The van der Waals surface area contributed by atoms with Crippen molar-refractivity contribution in [3.05, 3.63) is 35.8 Å². The third-order valence-electron chi connectivity index (χ3n) is 10.6. The average Bonchev–Trinajstić information content (AvgIpc) is 3.41. The van der Waals surface area contributed by atoms with Gasteiger partial charge in [-0.15, -0.1) is 0 Å². The van der Waals surface area contributed by atoms with Crippen LogP contribution in [0.5, 0.6) is 0 Å². The zero-order chi connectivity index (χ0) is 25.1. The Morgan fingerprint density at radius 1 is 1.11 bits per heavy atom. The highest BCUT2D eigenvalue weighted by atomic mass is 16.6. The molecule has 188 valence electrons. The monoisotopic (exact) mass is 482 g/mol. The predicted octanol–water partition coefficient (Wildman–Crippen LogP) is 4.56. The van der Waals surface area contributed by atoms with E-state index >= 15 is 0 Å². The van der Waals surface area contributed by atoms with Crippen molar-refractivity contribution in [3.8, 4) is 0 Å². The van der Waals surface area contributed by atoms with Crippen molar-refractivity contribution in [1.82, 2.24) is 0 Å². The van der Waals surface area contributed by atoms with Crippen LogP contribution in [0.1, 0.15) is 72.5 Å². The van der Waals surface area contributed by atoms with E-state index in [0.717, 1.165) is 24.0 Å². The van der Waals surface area contributed by atoms with Gasteiger partial charge in [-0.1, -0.05) is 34.6 Å². The second-order valence-electron chi connectivity index (χ2n) is 12.5. The van der Waals surface area contributed by atoms with Crippen molar-refractivity contribution in [2.75, 3.05) is 0 Å². The van der Waals surface area contributed by atoms with Gasteiger partial charge in [-0.3, -0.25) is 9.59 Å². The van der Waals surface area contributed by atoms with Crippen LogP contribution < -0.4 is 0 Å². The van der Waals surface area contributed by atoms with Crippen LogP contribution in [0.15, 0.2) is 34.7 Å². The fourth-order valence-electron chi connectivity index (χ4n) is 9.01. The lowest BCUT2D eigenvalue weighted by Gasteiger charge is -2.67. The van der Waals surface area contributed by atoms with E-state index in [1.54, 1.807) is 18.6 Å². The number of carbonyl (C=O) groups excluding carboxylic acids is 3. The van der Waals surface area contributed by atoms with Gasteiger partial charge in [0.25, 0.3) is 0 Å². The molecule has 2 aliphatic heterocycles. The molecular formula is C28H34O7. The molecule has 0 bridgehead atoms. The van der Waals surface area contributed by atoms with Gasteiger partial charge in [0, 0.05) is 40.2 Å². The molecule has 7 nitrogen and oxygen atoms in total. The first-order valence-corrected chi connectivity index (χ1v) is 12.7. The molecular weight excluding hydrogens is 448 g/mol. The van der Waals surface area contributed by atoms with E-state index < -0.39 is 28.5 Å². The van der Waals surface area contributed by atoms with Crippen LogP contribution in [-0.2, 0) is 28.6 Å². The molecule has 9 atom stereocenters. The average molecular weight is 483 g/mol. The molecule has 0 unspecified atom stereocenters. The maximum atomic E-state index is 13.2. The number of cyclic esters (lactones) is 1. The zero-order valence-corrected chi connectivity index (χ0v) is 21.3. The van der Waals surface area contributed by atoms with E-state index in [1.165, 1.54) is 6.92 Å². The highest BCUT2D eigenvalue weighted by Gasteiger charge is 2.77. The summed E-state index contributed by atoms with van der Waals surface area (Å²) in [5, 5.41) is 0. The van der Waals surface area contributed by atoms with E-state index in [0.29, 0.717) is 6.42 Å². The predicted molar refractivity (Wildman–Crippen MR) is 124 cm³/mol. The van der Waals surface area contributed by atoms with Crippen molar-refractivity contribution in [1.29, 1.82) is 0 Å². The molecule has 3 saturated carbocycles. The lowest BCUT2D eigenvalue weighted by molar-refractivity contribution is -0.209. The van der Waals surface area contributed by atoms with Crippen LogP contribution in [0.25, 0.3) is 0 Å². The van der Waals surface area contributed by atoms with Crippen LogP contribution in [0.3, 0.4) is 0 Å². The van der Waals surface area contributed by atoms with Gasteiger partial charge in [-0.05, 0) is 42.7 Å². The Morgan fingerprint density at radius 2 is 1.86 bits per heavy atom. The molecule has 1 saturated heterocycles. The zero-order valence-electron chi connectivity index (χ0n) is 21.3. The topological polar surface area (TPSA) is 95.3 Å². The fraction of sp³-hybridized carbons (Fsp3) is 0.679. The summed E-state index contributed by atoms with van der Waals surface area (Å²) in [5.74, 6) is -0.526. The number of furan rings is 1. The Balaban J connectivity index is 1.53. The van der Waals surface area contributed by atoms with Crippen LogP contribution in [0.4, 0.5) is 0 Å². The molecule has 1 aromatic heterocycles. The largest absolute Gasteiger partial charge is 0.472 e. The van der Waals surface area contributed by atoms with E-state index in [2.05, 4.69) is 20.8 Å². The number of Topliss-reactive ketones (excluding diaryl/α,β-unsaturated/α-hetero) is 1. The van der Waals surface area contributed by atoms with Gasteiger partial charge in [-0.2, -0.15) is 0 Å². The van der Waals surface area contributed by atoms with Gasteiger partial charge in [0.05, 0.1) is 18.6 Å². The van der Waals surface area contributed by atoms with Crippen molar-refractivity contribution in [2.45, 2.75) is 85.2 Å². The number of hydrogen-bond donors (Lipinski definition) is 0. The van der Waals surface area contributed by atoms with Gasteiger partial charge in [0.2, 0.25) is 0 Å². The Hall–Kier alpha value is -2.41. The van der Waals surface area contributed by atoms with E-state index in [9.17, 15) is 14.4 Å². The summed E-state index contributed by atoms with van der Waals surface area (Å²) in [4.78, 5) is 38.6. The molecule has 6 rings (SSSR count). The van der Waals surface area contributed by atoms with Gasteiger partial charge < -0.3 is 18.6 Å². The summed E-state index contributed by atoms with van der Waals surface area (Å²) >= 11 is 0. The smallest absolute Gasteiger partial charge is 0.331 e. The van der Waals surface area contributed by atoms with Crippen molar-refractivity contribution >= 4 is 17.7 Å². The molecule has 35 heavy (non-hydrogen) atoms. The number of fused-ring (bicyclic) bond motifs is 7. The molecule has 0 radical (unpaired) electrons. The molecule has 3 aliphatic carbocycles. The summed E-state index contributed by atoms with van der Waals surface area (Å²) in [5.41, 5.74) is -0.171. The molecule has 0 aromatic carbocycles. The molecule has 7 heteroatoms. The number of hydrogen-bond acceptors (Lipinski definition) is 7. The summed E-state index contributed by atoms with van der Waals surface area (Å²) in [7, 11) is 0. The second-order valence-corrected chi connectivity index (χ2v) is 12.5. The lowest BCUT2D eigenvalue weighted by atomic mass is 9.37. The summed E-state index contributed by atoms with van der Waals surface area (Å²) in [6, 6.07) is 1.85. The Kier molecular flexibility index (Phi) is 4.52. The fourth-order valence-corrected chi connectivity index (χ4v) is 9.01. The van der Waals surface area contributed by atoms with Crippen LogP contribution in [0, 0.1) is 33.5 Å². The number of epoxide rings is 1. The van der Waals surface area contributed by atoms with Crippen molar-refractivity contribution in [2.24, 2.45) is 33.5 Å². The quantitative estimate of drug-likeness (QED) is 0.450. The molecule has 0 spiro atoms. The minimum absolute atomic E-state index is 0.00107. The third kappa shape index (κ3) is 2.73. The Bertz CT molecular complexity index is 1150. The highest BCUT2D eigenvalue weighted by molar-refractivity contribution is 5.93. The summed E-state index contributed by atoms with van der Waals surface area (Å²) in [6.07, 6.45) is 5.62. The normalized spacial score (nSPS) is 47.3. The number of esters is 2. The lowest BCUT2D eigenvalue weighted by Crippen LogP contribution is -2.68. The molecule has 0 amide bonds.